The Bertz CT molecular complexity index is 199. The van der Waals surface area contributed by atoms with Gasteiger partial charge in [0.2, 0.25) is 0 Å². The highest BCUT2D eigenvalue weighted by molar-refractivity contribution is 4.92. The van der Waals surface area contributed by atoms with Gasteiger partial charge in [0.15, 0.2) is 0 Å². The lowest BCUT2D eigenvalue weighted by Gasteiger charge is -2.35. The summed E-state index contributed by atoms with van der Waals surface area (Å²) in [6.45, 7) is 10.4. The van der Waals surface area contributed by atoms with Gasteiger partial charge in [-0.25, -0.2) is 0 Å². The van der Waals surface area contributed by atoms with Crippen LogP contribution in [0.5, 0.6) is 0 Å². The van der Waals surface area contributed by atoms with E-state index in [0.29, 0.717) is 12.1 Å². The first-order valence-corrected chi connectivity index (χ1v) is 7.61. The van der Waals surface area contributed by atoms with Gasteiger partial charge in [0.1, 0.15) is 0 Å². The highest BCUT2D eigenvalue weighted by Crippen LogP contribution is 2.31. The smallest absolute Gasteiger partial charge is 0.0247 e. The maximum atomic E-state index is 6.37. The Kier molecular flexibility index (Phi) is 6.50. The standard InChI is InChI=1S/C15H32N2/c1-5-7-14(16)15(6-2)17(13-8-9-13)11-10-12(3)4/h12-15H,5-11,16H2,1-4H3. The topological polar surface area (TPSA) is 29.3 Å². The molecule has 2 nitrogen and oxygen atoms in total. The fourth-order valence-corrected chi connectivity index (χ4v) is 2.74. The summed E-state index contributed by atoms with van der Waals surface area (Å²) < 4.78 is 0. The molecular formula is C15H32N2. The molecule has 2 N–H and O–H groups in total. The zero-order valence-electron chi connectivity index (χ0n) is 12.3. The maximum absolute atomic E-state index is 6.37. The zero-order chi connectivity index (χ0) is 12.8. The van der Waals surface area contributed by atoms with Crippen LogP contribution in [0.2, 0.25) is 0 Å². The summed E-state index contributed by atoms with van der Waals surface area (Å²) in [5, 5.41) is 0. The first kappa shape index (κ1) is 15.0. The van der Waals surface area contributed by atoms with E-state index in [-0.39, 0.29) is 0 Å². The Morgan fingerprint density at radius 3 is 2.24 bits per heavy atom. The molecule has 2 heteroatoms. The molecule has 0 saturated heterocycles. The van der Waals surface area contributed by atoms with Crippen LogP contribution >= 0.6 is 0 Å². The molecule has 0 heterocycles. The molecule has 1 rings (SSSR count). The van der Waals surface area contributed by atoms with E-state index in [1.165, 1.54) is 45.1 Å². The van der Waals surface area contributed by atoms with Crippen LogP contribution in [0.4, 0.5) is 0 Å². The molecule has 1 aliphatic rings. The lowest BCUT2D eigenvalue weighted by molar-refractivity contribution is 0.144. The molecule has 0 aliphatic heterocycles. The minimum atomic E-state index is 0.373. The summed E-state index contributed by atoms with van der Waals surface area (Å²) in [4.78, 5) is 2.72. The lowest BCUT2D eigenvalue weighted by Crippen LogP contribution is -2.49. The second-order valence-electron chi connectivity index (χ2n) is 6.08. The molecule has 102 valence electrons. The second kappa shape index (κ2) is 7.38. The van der Waals surface area contributed by atoms with Gasteiger partial charge >= 0.3 is 0 Å². The monoisotopic (exact) mass is 240 g/mol. The Labute approximate surface area is 108 Å². The largest absolute Gasteiger partial charge is 0.326 e. The van der Waals surface area contributed by atoms with Crippen LogP contribution in [0.1, 0.15) is 66.2 Å². The summed E-state index contributed by atoms with van der Waals surface area (Å²) in [6, 6.07) is 1.83. The molecule has 0 spiro atoms. The van der Waals surface area contributed by atoms with Crippen molar-refractivity contribution in [3.63, 3.8) is 0 Å². The Morgan fingerprint density at radius 2 is 1.82 bits per heavy atom. The van der Waals surface area contributed by atoms with Crippen molar-refractivity contribution in [1.82, 2.24) is 4.90 Å². The molecule has 0 amide bonds. The zero-order valence-corrected chi connectivity index (χ0v) is 12.3. The Balaban J connectivity index is 2.52. The van der Waals surface area contributed by atoms with Crippen LogP contribution in [-0.4, -0.2) is 29.6 Å². The van der Waals surface area contributed by atoms with Crippen molar-refractivity contribution in [2.75, 3.05) is 6.54 Å². The highest BCUT2D eigenvalue weighted by Gasteiger charge is 2.35. The van der Waals surface area contributed by atoms with Crippen LogP contribution < -0.4 is 5.73 Å². The fraction of sp³-hybridized carbons (Fsp3) is 1.00. The van der Waals surface area contributed by atoms with Crippen molar-refractivity contribution in [1.29, 1.82) is 0 Å². The third-order valence-electron chi connectivity index (χ3n) is 3.94. The van der Waals surface area contributed by atoms with Gasteiger partial charge in [-0.15, -0.1) is 0 Å². The van der Waals surface area contributed by atoms with Crippen molar-refractivity contribution in [3.8, 4) is 0 Å². The number of nitrogens with zero attached hydrogens (tertiary/aromatic N) is 1. The summed E-state index contributed by atoms with van der Waals surface area (Å²) >= 11 is 0. The third kappa shape index (κ3) is 4.97. The quantitative estimate of drug-likeness (QED) is 0.669. The molecule has 0 radical (unpaired) electrons. The first-order chi connectivity index (χ1) is 8.10. The van der Waals surface area contributed by atoms with E-state index < -0.39 is 0 Å². The van der Waals surface area contributed by atoms with Crippen LogP contribution in [0, 0.1) is 5.92 Å². The first-order valence-electron chi connectivity index (χ1n) is 7.61. The molecule has 1 saturated carbocycles. The van der Waals surface area contributed by atoms with Crippen LogP contribution in [0.25, 0.3) is 0 Å². The molecule has 0 bridgehead atoms. The minimum Gasteiger partial charge on any atom is -0.326 e. The van der Waals surface area contributed by atoms with Crippen molar-refractivity contribution in [2.45, 2.75) is 84.3 Å². The highest BCUT2D eigenvalue weighted by atomic mass is 15.2. The lowest BCUT2D eigenvalue weighted by atomic mass is 9.99. The second-order valence-corrected chi connectivity index (χ2v) is 6.08. The molecule has 1 fully saturated rings. The van der Waals surface area contributed by atoms with E-state index in [9.17, 15) is 0 Å². The molecule has 2 atom stereocenters. The van der Waals surface area contributed by atoms with Crippen molar-refractivity contribution < 1.29 is 0 Å². The van der Waals surface area contributed by atoms with E-state index in [1.807, 2.05) is 0 Å². The fourth-order valence-electron chi connectivity index (χ4n) is 2.74. The predicted molar refractivity (Wildman–Crippen MR) is 76.1 cm³/mol. The summed E-state index contributed by atoms with van der Waals surface area (Å²) in [7, 11) is 0. The average molecular weight is 240 g/mol. The van der Waals surface area contributed by atoms with E-state index in [1.54, 1.807) is 0 Å². The van der Waals surface area contributed by atoms with Gasteiger partial charge < -0.3 is 5.73 Å². The summed E-state index contributed by atoms with van der Waals surface area (Å²) in [6.07, 6.45) is 7.69. The number of rotatable bonds is 9. The molecular weight excluding hydrogens is 208 g/mol. The van der Waals surface area contributed by atoms with Crippen molar-refractivity contribution in [3.05, 3.63) is 0 Å². The summed E-state index contributed by atoms with van der Waals surface area (Å²) in [5.41, 5.74) is 6.37. The average Bonchev–Trinajstić information content (AvgIpc) is 3.07. The van der Waals surface area contributed by atoms with Gasteiger partial charge in [-0.2, -0.15) is 0 Å². The van der Waals surface area contributed by atoms with Crippen LogP contribution in [-0.2, 0) is 0 Å². The molecule has 1 aliphatic carbocycles. The van der Waals surface area contributed by atoms with Gasteiger partial charge in [0.25, 0.3) is 0 Å². The number of nitrogens with two attached hydrogens (primary N) is 1. The third-order valence-corrected chi connectivity index (χ3v) is 3.94. The van der Waals surface area contributed by atoms with Gasteiger partial charge in [0, 0.05) is 18.1 Å². The van der Waals surface area contributed by atoms with Crippen LogP contribution in [0.3, 0.4) is 0 Å². The molecule has 0 aromatic carbocycles. The molecule has 2 unspecified atom stereocenters. The van der Waals surface area contributed by atoms with Crippen molar-refractivity contribution >= 4 is 0 Å². The van der Waals surface area contributed by atoms with Gasteiger partial charge in [-0.3, -0.25) is 4.90 Å². The van der Waals surface area contributed by atoms with E-state index >= 15 is 0 Å². The van der Waals surface area contributed by atoms with Gasteiger partial charge in [-0.05, 0) is 44.6 Å². The van der Waals surface area contributed by atoms with Crippen LogP contribution in [0.15, 0.2) is 0 Å². The summed E-state index contributed by atoms with van der Waals surface area (Å²) in [5.74, 6) is 0.802. The molecule has 0 aromatic heterocycles. The number of hydrogen-bond acceptors (Lipinski definition) is 2. The van der Waals surface area contributed by atoms with E-state index in [2.05, 4.69) is 32.6 Å². The Hall–Kier alpha value is -0.0800. The van der Waals surface area contributed by atoms with Gasteiger partial charge in [-0.1, -0.05) is 34.1 Å². The normalized spacial score (nSPS) is 19.9. The predicted octanol–water partition coefficient (Wildman–Crippen LogP) is 3.40. The number of hydrogen-bond donors (Lipinski definition) is 1. The van der Waals surface area contributed by atoms with Crippen molar-refractivity contribution in [2.24, 2.45) is 11.7 Å². The SMILES string of the molecule is CCCC(N)C(CC)N(CCC(C)C)C1CC1. The van der Waals surface area contributed by atoms with E-state index in [0.717, 1.165) is 12.0 Å². The molecule has 0 aromatic rings. The minimum absolute atomic E-state index is 0.373. The maximum Gasteiger partial charge on any atom is 0.0247 e. The van der Waals surface area contributed by atoms with Gasteiger partial charge in [0.05, 0.1) is 0 Å². The van der Waals surface area contributed by atoms with E-state index in [4.69, 9.17) is 5.73 Å². The molecule has 17 heavy (non-hydrogen) atoms. The Morgan fingerprint density at radius 1 is 1.18 bits per heavy atom.